The smallest absolute Gasteiger partial charge is 0.231 e. The Kier molecular flexibility index (Phi) is 4.26. The highest BCUT2D eigenvalue weighted by atomic mass is 35.5. The zero-order valence-corrected chi connectivity index (χ0v) is 15.9. The molecule has 0 spiro atoms. The number of rotatable bonds is 2. The van der Waals surface area contributed by atoms with Gasteiger partial charge in [0.25, 0.3) is 0 Å². The van der Waals surface area contributed by atoms with Crippen LogP contribution < -0.4 is 14.2 Å². The fraction of sp³-hybridized carbons (Fsp3) is 0.400. The highest BCUT2D eigenvalue weighted by Gasteiger charge is 2.43. The molecule has 26 heavy (non-hydrogen) atoms. The second-order valence-electron chi connectivity index (χ2n) is 6.84. The van der Waals surface area contributed by atoms with E-state index in [0.717, 1.165) is 46.9 Å². The van der Waals surface area contributed by atoms with E-state index in [0.29, 0.717) is 0 Å². The molecule has 0 N–H and O–H groups in total. The summed E-state index contributed by atoms with van der Waals surface area (Å²) in [6, 6.07) is 8.52. The molecule has 5 rings (SSSR count). The molecule has 0 saturated carbocycles. The third-order valence-corrected chi connectivity index (χ3v) is 5.67. The van der Waals surface area contributed by atoms with Crippen LogP contribution in [0.5, 0.6) is 17.2 Å². The lowest BCUT2D eigenvalue weighted by Gasteiger charge is -2.44. The molecule has 0 radical (unpaired) electrons. The van der Waals surface area contributed by atoms with Crippen molar-refractivity contribution in [2.24, 2.45) is 0 Å². The first-order valence-corrected chi connectivity index (χ1v) is 8.59. The molecular formula is C20H22ClNO4. The Labute approximate surface area is 159 Å². The summed E-state index contributed by atoms with van der Waals surface area (Å²) in [6.07, 6.45) is 0.968. The van der Waals surface area contributed by atoms with Crippen molar-refractivity contribution >= 4 is 12.4 Å². The number of hydrogen-bond donors (Lipinski definition) is 0. The lowest BCUT2D eigenvalue weighted by molar-refractivity contribution is 0.0153. The molecule has 138 valence electrons. The van der Waals surface area contributed by atoms with Crippen molar-refractivity contribution < 1.29 is 18.9 Å². The highest BCUT2D eigenvalue weighted by molar-refractivity contribution is 5.85. The number of methoxy groups -OCH3 is 2. The molecule has 0 fully saturated rings. The third-order valence-electron chi connectivity index (χ3n) is 5.67. The Morgan fingerprint density at radius 1 is 1.15 bits per heavy atom. The Morgan fingerprint density at radius 3 is 2.77 bits per heavy atom. The van der Waals surface area contributed by atoms with E-state index in [9.17, 15) is 0 Å². The average molecular weight is 376 g/mol. The van der Waals surface area contributed by atoms with E-state index in [2.05, 4.69) is 30.1 Å². The van der Waals surface area contributed by atoms with E-state index in [1.54, 1.807) is 14.2 Å². The number of fused-ring (bicyclic) bond motifs is 4. The van der Waals surface area contributed by atoms with E-state index in [1.165, 1.54) is 11.1 Å². The van der Waals surface area contributed by atoms with Crippen LogP contribution in [0.25, 0.3) is 11.1 Å². The molecule has 0 saturated heterocycles. The van der Waals surface area contributed by atoms with E-state index in [1.807, 2.05) is 6.07 Å². The van der Waals surface area contributed by atoms with Crippen molar-refractivity contribution in [2.75, 3.05) is 34.6 Å². The zero-order chi connectivity index (χ0) is 17.1. The van der Waals surface area contributed by atoms with Crippen LogP contribution in [-0.4, -0.2) is 39.5 Å². The van der Waals surface area contributed by atoms with Gasteiger partial charge in [-0.2, -0.15) is 0 Å². The minimum atomic E-state index is -0.0398. The summed E-state index contributed by atoms with van der Waals surface area (Å²) >= 11 is 0. The van der Waals surface area contributed by atoms with Gasteiger partial charge < -0.3 is 18.9 Å². The van der Waals surface area contributed by atoms with Crippen molar-refractivity contribution in [1.29, 1.82) is 0 Å². The normalized spacial score (nSPS) is 22.3. The molecule has 2 aromatic carbocycles. The highest BCUT2D eigenvalue weighted by Crippen LogP contribution is 2.57. The van der Waals surface area contributed by atoms with Crippen molar-refractivity contribution in [2.45, 2.75) is 18.6 Å². The van der Waals surface area contributed by atoms with Gasteiger partial charge in [0.05, 0.1) is 13.2 Å². The van der Waals surface area contributed by atoms with Crippen LogP contribution in [0, 0.1) is 0 Å². The van der Waals surface area contributed by atoms with Gasteiger partial charge in [-0.1, -0.05) is 6.07 Å². The number of ether oxygens (including phenoxy) is 4. The third kappa shape index (κ3) is 2.24. The van der Waals surface area contributed by atoms with Gasteiger partial charge in [0.1, 0.15) is 11.9 Å². The Bertz CT molecular complexity index is 869. The van der Waals surface area contributed by atoms with Crippen molar-refractivity contribution in [3.63, 3.8) is 0 Å². The standard InChI is InChI=1S/C20H21NO4.ClH/c1-21-7-6-11-8-15-20(25-10-24-15)17-13-5-4-12(22-2)9-14(13)19(23-3)18(21)16(11)17;/h4-5,8-9,18-19H,6-7,10H2,1-3H3;1H/t18-,19-;/m0./s1. The monoisotopic (exact) mass is 375 g/mol. The molecular weight excluding hydrogens is 354 g/mol. The van der Waals surface area contributed by atoms with Gasteiger partial charge in [0.2, 0.25) is 6.79 Å². The predicted molar refractivity (Wildman–Crippen MR) is 101 cm³/mol. The van der Waals surface area contributed by atoms with Gasteiger partial charge in [-0.15, -0.1) is 12.4 Å². The Balaban J connectivity index is 0.00000168. The summed E-state index contributed by atoms with van der Waals surface area (Å²) in [4.78, 5) is 2.38. The first kappa shape index (κ1) is 17.5. The molecule has 6 heteroatoms. The van der Waals surface area contributed by atoms with Crippen LogP contribution in [0.4, 0.5) is 0 Å². The molecule has 0 amide bonds. The van der Waals surface area contributed by atoms with Gasteiger partial charge in [0.15, 0.2) is 11.5 Å². The van der Waals surface area contributed by atoms with Crippen molar-refractivity contribution in [3.05, 3.63) is 41.0 Å². The fourth-order valence-corrected chi connectivity index (χ4v) is 4.52. The predicted octanol–water partition coefficient (Wildman–Crippen LogP) is 3.74. The maximum atomic E-state index is 5.99. The number of likely N-dealkylation sites (N-methyl/N-ethyl adjacent to an activating group) is 1. The fourth-order valence-electron chi connectivity index (χ4n) is 4.52. The summed E-state index contributed by atoms with van der Waals surface area (Å²) in [5, 5.41) is 0. The molecule has 0 aromatic heterocycles. The average Bonchev–Trinajstić information content (AvgIpc) is 3.11. The van der Waals surface area contributed by atoms with E-state index in [-0.39, 0.29) is 31.3 Å². The SMILES string of the molecule is COc1ccc2c(c1)[C@H](OC)[C@@H]1c3c(cc4c(c3-2)OCO4)CCN1C.Cl. The van der Waals surface area contributed by atoms with Gasteiger partial charge in [0, 0.05) is 19.2 Å². The minimum Gasteiger partial charge on any atom is -0.497 e. The van der Waals surface area contributed by atoms with E-state index < -0.39 is 0 Å². The molecule has 2 heterocycles. The van der Waals surface area contributed by atoms with Crippen LogP contribution in [-0.2, 0) is 11.2 Å². The van der Waals surface area contributed by atoms with Crippen molar-refractivity contribution in [1.82, 2.24) is 4.90 Å². The quantitative estimate of drug-likeness (QED) is 0.799. The van der Waals surface area contributed by atoms with Gasteiger partial charge in [-0.3, -0.25) is 4.90 Å². The van der Waals surface area contributed by atoms with Crippen LogP contribution in [0.3, 0.4) is 0 Å². The largest absolute Gasteiger partial charge is 0.497 e. The zero-order valence-electron chi connectivity index (χ0n) is 15.1. The van der Waals surface area contributed by atoms with Crippen LogP contribution in [0.2, 0.25) is 0 Å². The van der Waals surface area contributed by atoms with Crippen LogP contribution in [0.1, 0.15) is 28.8 Å². The lowest BCUT2D eigenvalue weighted by atomic mass is 9.75. The maximum absolute atomic E-state index is 5.99. The topological polar surface area (TPSA) is 40.2 Å². The second kappa shape index (κ2) is 6.34. The molecule has 2 aliphatic heterocycles. The summed E-state index contributed by atoms with van der Waals surface area (Å²) in [6.45, 7) is 1.28. The summed E-state index contributed by atoms with van der Waals surface area (Å²) in [7, 11) is 5.65. The molecule has 5 nitrogen and oxygen atoms in total. The van der Waals surface area contributed by atoms with Crippen LogP contribution in [0.15, 0.2) is 24.3 Å². The summed E-state index contributed by atoms with van der Waals surface area (Å²) < 4.78 is 23.0. The molecule has 1 aliphatic carbocycles. The minimum absolute atomic E-state index is 0. The summed E-state index contributed by atoms with van der Waals surface area (Å²) in [5.41, 5.74) is 6.11. The van der Waals surface area contributed by atoms with Crippen LogP contribution >= 0.6 is 12.4 Å². The lowest BCUT2D eigenvalue weighted by Crippen LogP contribution is -2.38. The van der Waals surface area contributed by atoms with Gasteiger partial charge >= 0.3 is 0 Å². The van der Waals surface area contributed by atoms with Crippen molar-refractivity contribution in [3.8, 4) is 28.4 Å². The molecule has 0 bridgehead atoms. The molecule has 2 aromatic rings. The number of hydrogen-bond acceptors (Lipinski definition) is 5. The maximum Gasteiger partial charge on any atom is 0.231 e. The molecule has 0 unspecified atom stereocenters. The van der Waals surface area contributed by atoms with E-state index >= 15 is 0 Å². The van der Waals surface area contributed by atoms with E-state index in [4.69, 9.17) is 18.9 Å². The number of benzene rings is 2. The summed E-state index contributed by atoms with van der Waals surface area (Å²) in [5.74, 6) is 2.56. The number of nitrogens with zero attached hydrogens (tertiary/aromatic N) is 1. The Hall–Kier alpha value is -1.95. The molecule has 3 aliphatic rings. The first-order chi connectivity index (χ1) is 12.2. The van der Waals surface area contributed by atoms with Gasteiger partial charge in [-0.25, -0.2) is 0 Å². The molecule has 2 atom stereocenters. The first-order valence-electron chi connectivity index (χ1n) is 8.59. The number of halogens is 1. The van der Waals surface area contributed by atoms with Gasteiger partial charge in [-0.05, 0) is 53.9 Å². The Morgan fingerprint density at radius 2 is 2.00 bits per heavy atom. The second-order valence-corrected chi connectivity index (χ2v) is 6.84.